The maximum atomic E-state index is 13.8. The molecule has 4 aromatic rings. The fourth-order valence-corrected chi connectivity index (χ4v) is 4.56. The third kappa shape index (κ3) is 3.79. The number of aromatic nitrogens is 6. The van der Waals surface area contributed by atoms with E-state index >= 15 is 0 Å². The Hall–Kier alpha value is -3.12. The van der Waals surface area contributed by atoms with Crippen LogP contribution in [0.2, 0.25) is 0 Å². The van der Waals surface area contributed by atoms with E-state index in [0.717, 1.165) is 25.5 Å². The van der Waals surface area contributed by atoms with E-state index < -0.39 is 11.7 Å². The fourth-order valence-electron chi connectivity index (χ4n) is 3.92. The summed E-state index contributed by atoms with van der Waals surface area (Å²) in [6.45, 7) is 1.78. The smallest absolute Gasteiger partial charge is 0.350 e. The molecule has 32 heavy (non-hydrogen) atoms. The molecule has 1 saturated carbocycles. The highest BCUT2D eigenvalue weighted by atomic mass is 32.1. The summed E-state index contributed by atoms with van der Waals surface area (Å²) in [6, 6.07) is 3.28. The van der Waals surface area contributed by atoms with Crippen LogP contribution >= 0.6 is 11.5 Å². The number of rotatable bonds is 4. The average molecular weight is 460 g/mol. The Morgan fingerprint density at radius 2 is 2.03 bits per heavy atom. The Bertz CT molecular complexity index is 1280. The zero-order chi connectivity index (χ0) is 22.5. The summed E-state index contributed by atoms with van der Waals surface area (Å²) in [5.74, 6) is 0.760. The number of nitrogens with zero attached hydrogens (tertiary/aromatic N) is 5. The van der Waals surface area contributed by atoms with Crippen LogP contribution in [-0.2, 0) is 6.18 Å². The number of fused-ring (bicyclic) bond motifs is 1. The van der Waals surface area contributed by atoms with Crippen molar-refractivity contribution < 1.29 is 13.2 Å². The van der Waals surface area contributed by atoms with Crippen molar-refractivity contribution in [2.75, 3.05) is 5.32 Å². The van der Waals surface area contributed by atoms with Crippen LogP contribution in [0.5, 0.6) is 0 Å². The first-order valence-electron chi connectivity index (χ1n) is 10.0. The van der Waals surface area contributed by atoms with Crippen molar-refractivity contribution in [3.05, 3.63) is 35.9 Å². The van der Waals surface area contributed by atoms with Gasteiger partial charge >= 0.3 is 6.18 Å². The van der Waals surface area contributed by atoms with Gasteiger partial charge in [0.05, 0.1) is 5.69 Å². The number of alkyl halides is 3. The molecule has 0 spiro atoms. The maximum Gasteiger partial charge on any atom is 0.419 e. The van der Waals surface area contributed by atoms with Gasteiger partial charge < -0.3 is 16.0 Å². The number of nitrogens with two attached hydrogens (primary N) is 1. The number of nitrogens with one attached hydrogen (secondary N) is 2. The molecule has 0 saturated heterocycles. The van der Waals surface area contributed by atoms with Crippen LogP contribution in [0.15, 0.2) is 24.5 Å². The minimum Gasteiger partial charge on any atom is -0.350 e. The number of H-pyrrole nitrogens is 1. The Labute approximate surface area is 184 Å². The number of aromatic amines is 1. The molecule has 1 fully saturated rings. The van der Waals surface area contributed by atoms with E-state index in [-0.39, 0.29) is 23.7 Å². The van der Waals surface area contributed by atoms with Crippen molar-refractivity contribution in [3.63, 3.8) is 0 Å². The molecule has 166 valence electrons. The molecule has 0 unspecified atom stereocenters. The molecule has 1 aliphatic carbocycles. The normalized spacial score (nSPS) is 19.0. The first kappa shape index (κ1) is 20.8. The second kappa shape index (κ2) is 7.78. The predicted molar refractivity (Wildman–Crippen MR) is 115 cm³/mol. The lowest BCUT2D eigenvalue weighted by molar-refractivity contribution is -0.137. The average Bonchev–Trinajstić information content (AvgIpc) is 3.47. The van der Waals surface area contributed by atoms with Gasteiger partial charge in [-0.25, -0.2) is 19.9 Å². The highest BCUT2D eigenvalue weighted by Gasteiger charge is 2.36. The number of aryl methyl sites for hydroxylation is 1. The van der Waals surface area contributed by atoms with Crippen molar-refractivity contribution in [2.45, 2.75) is 44.4 Å². The van der Waals surface area contributed by atoms with Gasteiger partial charge in [0.1, 0.15) is 22.7 Å². The number of halogens is 3. The lowest BCUT2D eigenvalue weighted by Crippen LogP contribution is -2.35. The van der Waals surface area contributed by atoms with E-state index in [0.29, 0.717) is 33.1 Å². The third-order valence-corrected chi connectivity index (χ3v) is 6.35. The molecule has 12 heteroatoms. The van der Waals surface area contributed by atoms with Crippen molar-refractivity contribution in [2.24, 2.45) is 5.73 Å². The van der Waals surface area contributed by atoms with Crippen LogP contribution in [0.25, 0.3) is 33.0 Å². The second-order valence-electron chi connectivity index (χ2n) is 7.74. The fraction of sp³-hybridized carbons (Fsp3) is 0.350. The molecular formula is C20H19F3N8S. The summed E-state index contributed by atoms with van der Waals surface area (Å²) in [5.41, 5.74) is 6.27. The number of anilines is 1. The van der Waals surface area contributed by atoms with E-state index in [1.807, 2.05) is 0 Å². The molecule has 1 aliphatic rings. The standard InChI is InChI=1S/C20H19F3N8S/c1-9-27-18(32-31-9)15-6-5-10-11(7-25-17(10)28-15)16-12(20(21,22)23)8-26-19(30-16)29-14-4-2-3-13(14)24/h5-8,13-14H,2-4,24H2,1H3,(H,25,28)(H,26,29,30)/t13-,14-/m0/s1. The second-order valence-corrected chi connectivity index (χ2v) is 8.49. The third-order valence-electron chi connectivity index (χ3n) is 5.52. The van der Waals surface area contributed by atoms with E-state index in [2.05, 4.69) is 34.6 Å². The van der Waals surface area contributed by atoms with Crippen molar-refractivity contribution >= 4 is 28.5 Å². The van der Waals surface area contributed by atoms with Crippen LogP contribution in [0.3, 0.4) is 0 Å². The van der Waals surface area contributed by atoms with Gasteiger partial charge in [0.15, 0.2) is 5.01 Å². The molecule has 0 radical (unpaired) electrons. The summed E-state index contributed by atoms with van der Waals surface area (Å²) in [4.78, 5) is 19.9. The van der Waals surface area contributed by atoms with Gasteiger partial charge in [-0.3, -0.25) is 0 Å². The number of hydrogen-bond donors (Lipinski definition) is 3. The molecule has 4 N–H and O–H groups in total. The van der Waals surface area contributed by atoms with Crippen LogP contribution in [-0.4, -0.2) is 41.4 Å². The van der Waals surface area contributed by atoms with Crippen LogP contribution < -0.4 is 11.1 Å². The summed E-state index contributed by atoms with van der Waals surface area (Å²) in [5, 5.41) is 4.25. The highest BCUT2D eigenvalue weighted by Crippen LogP contribution is 2.39. The molecule has 5 rings (SSSR count). The van der Waals surface area contributed by atoms with E-state index in [4.69, 9.17) is 5.73 Å². The minimum absolute atomic E-state index is 0.0675. The largest absolute Gasteiger partial charge is 0.419 e. The number of pyridine rings is 1. The van der Waals surface area contributed by atoms with Gasteiger partial charge in [0, 0.05) is 35.4 Å². The van der Waals surface area contributed by atoms with Crippen LogP contribution in [0.4, 0.5) is 19.1 Å². The SMILES string of the molecule is Cc1nsc(-c2ccc3c(-c4nc(N[C@H]5CCC[C@@H]5N)ncc4C(F)(F)F)c[nH]c3n2)n1. The predicted octanol–water partition coefficient (Wildman–Crippen LogP) is 4.16. The molecule has 0 aromatic carbocycles. The van der Waals surface area contributed by atoms with Gasteiger partial charge in [-0.15, -0.1) is 0 Å². The Kier molecular flexibility index (Phi) is 5.05. The summed E-state index contributed by atoms with van der Waals surface area (Å²) < 4.78 is 45.4. The number of hydrogen-bond acceptors (Lipinski definition) is 8. The molecule has 8 nitrogen and oxygen atoms in total. The molecular weight excluding hydrogens is 441 g/mol. The van der Waals surface area contributed by atoms with E-state index in [1.165, 1.54) is 17.7 Å². The minimum atomic E-state index is -4.61. The van der Waals surface area contributed by atoms with Crippen LogP contribution in [0.1, 0.15) is 30.7 Å². The Balaban J connectivity index is 1.58. The molecule has 0 amide bonds. The summed E-state index contributed by atoms with van der Waals surface area (Å²) in [6.07, 6.45) is 0.322. The molecule has 0 bridgehead atoms. The quantitative estimate of drug-likeness (QED) is 0.418. The van der Waals surface area contributed by atoms with Gasteiger partial charge in [0.25, 0.3) is 0 Å². The van der Waals surface area contributed by atoms with Crippen molar-refractivity contribution in [3.8, 4) is 22.0 Å². The molecule has 0 aliphatic heterocycles. The van der Waals surface area contributed by atoms with Crippen molar-refractivity contribution in [1.82, 2.24) is 29.3 Å². The van der Waals surface area contributed by atoms with E-state index in [1.54, 1.807) is 19.1 Å². The summed E-state index contributed by atoms with van der Waals surface area (Å²) >= 11 is 1.21. The lowest BCUT2D eigenvalue weighted by atomic mass is 10.1. The topological polar surface area (TPSA) is 118 Å². The molecule has 2 atom stereocenters. The first-order chi connectivity index (χ1) is 15.3. The zero-order valence-corrected chi connectivity index (χ0v) is 17.8. The first-order valence-corrected chi connectivity index (χ1v) is 10.8. The van der Waals surface area contributed by atoms with Gasteiger partial charge in [0.2, 0.25) is 5.95 Å². The highest BCUT2D eigenvalue weighted by molar-refractivity contribution is 7.09. The molecule has 4 aromatic heterocycles. The van der Waals surface area contributed by atoms with Gasteiger partial charge in [-0.1, -0.05) is 0 Å². The van der Waals surface area contributed by atoms with Gasteiger partial charge in [-0.2, -0.15) is 17.5 Å². The Morgan fingerprint density at radius 1 is 1.19 bits per heavy atom. The summed E-state index contributed by atoms with van der Waals surface area (Å²) in [7, 11) is 0. The monoisotopic (exact) mass is 460 g/mol. The van der Waals surface area contributed by atoms with Gasteiger partial charge in [-0.05, 0) is 49.9 Å². The lowest BCUT2D eigenvalue weighted by Gasteiger charge is -2.18. The zero-order valence-electron chi connectivity index (χ0n) is 16.9. The van der Waals surface area contributed by atoms with Crippen molar-refractivity contribution in [1.29, 1.82) is 0 Å². The van der Waals surface area contributed by atoms with Crippen LogP contribution in [0, 0.1) is 6.92 Å². The maximum absolute atomic E-state index is 13.8. The molecule has 4 heterocycles. The van der Waals surface area contributed by atoms with E-state index in [9.17, 15) is 13.2 Å². The Morgan fingerprint density at radius 3 is 2.72 bits per heavy atom.